The molecule has 1 N–H and O–H groups in total. The molecule has 1 atom stereocenters. The van der Waals surface area contributed by atoms with Gasteiger partial charge in [-0.15, -0.1) is 0 Å². The van der Waals surface area contributed by atoms with E-state index in [4.69, 9.17) is 0 Å². The van der Waals surface area contributed by atoms with Gasteiger partial charge in [0.2, 0.25) is 0 Å². The summed E-state index contributed by atoms with van der Waals surface area (Å²) in [6, 6.07) is 0.565. The molecular formula is C13H20F3N3. The summed E-state index contributed by atoms with van der Waals surface area (Å²) in [6.45, 7) is 1.98. The van der Waals surface area contributed by atoms with Gasteiger partial charge in [0.15, 0.2) is 0 Å². The molecule has 1 aliphatic carbocycles. The third-order valence-corrected chi connectivity index (χ3v) is 3.62. The van der Waals surface area contributed by atoms with Crippen molar-refractivity contribution in [1.82, 2.24) is 15.1 Å². The van der Waals surface area contributed by atoms with Crippen molar-refractivity contribution in [1.29, 1.82) is 0 Å². The first kappa shape index (κ1) is 14.4. The van der Waals surface area contributed by atoms with Gasteiger partial charge >= 0.3 is 6.18 Å². The summed E-state index contributed by atoms with van der Waals surface area (Å²) in [5.74, 6) is 0. The van der Waals surface area contributed by atoms with Crippen LogP contribution in [-0.2, 0) is 6.42 Å². The third kappa shape index (κ3) is 3.72. The van der Waals surface area contributed by atoms with E-state index in [0.717, 1.165) is 12.8 Å². The normalized spacial score (nSPS) is 18.9. The van der Waals surface area contributed by atoms with E-state index in [1.165, 1.54) is 12.8 Å². The van der Waals surface area contributed by atoms with Crippen LogP contribution in [0.15, 0.2) is 12.3 Å². The molecule has 0 aliphatic heterocycles. The lowest BCUT2D eigenvalue weighted by molar-refractivity contribution is -0.155. The van der Waals surface area contributed by atoms with Crippen LogP contribution in [0.1, 0.15) is 44.3 Å². The molecule has 1 unspecified atom stereocenters. The van der Waals surface area contributed by atoms with E-state index in [9.17, 15) is 13.2 Å². The number of nitrogens with one attached hydrogen (secondary N) is 1. The summed E-state index contributed by atoms with van der Waals surface area (Å²) < 4.78 is 40.2. The zero-order valence-corrected chi connectivity index (χ0v) is 11.1. The lowest BCUT2D eigenvalue weighted by Gasteiger charge is -2.20. The van der Waals surface area contributed by atoms with E-state index in [1.807, 2.05) is 10.9 Å². The second-order valence-corrected chi connectivity index (χ2v) is 5.08. The molecule has 0 radical (unpaired) electrons. The highest BCUT2D eigenvalue weighted by molar-refractivity contribution is 5.04. The largest absolute Gasteiger partial charge is 0.404 e. The van der Waals surface area contributed by atoms with E-state index >= 15 is 0 Å². The zero-order valence-electron chi connectivity index (χ0n) is 11.1. The second-order valence-electron chi connectivity index (χ2n) is 5.08. The average Bonchev–Trinajstić information content (AvgIpc) is 2.97. The zero-order chi connectivity index (χ0) is 13.9. The van der Waals surface area contributed by atoms with Crippen molar-refractivity contribution < 1.29 is 13.2 Å². The summed E-state index contributed by atoms with van der Waals surface area (Å²) >= 11 is 0. The Hall–Kier alpha value is -1.04. The summed E-state index contributed by atoms with van der Waals surface area (Å²) in [6.07, 6.45) is 2.01. The second kappa shape index (κ2) is 5.94. The van der Waals surface area contributed by atoms with E-state index in [1.54, 1.807) is 13.0 Å². The lowest BCUT2D eigenvalue weighted by Crippen LogP contribution is -2.43. The predicted octanol–water partition coefficient (Wildman–Crippen LogP) is 3.08. The Bertz CT molecular complexity index is 394. The number of aromatic nitrogens is 2. The maximum absolute atomic E-state index is 12.8. The minimum absolute atomic E-state index is 0.100. The standard InChI is InChI=1S/C13H20F3N3/c1-2-17-12(13(14,15)16)9-10-7-8-19(18-10)11-5-3-4-6-11/h7-8,11-12,17H,2-6,9H2,1H3. The van der Waals surface area contributed by atoms with Crippen LogP contribution in [0.4, 0.5) is 13.2 Å². The van der Waals surface area contributed by atoms with Crippen molar-refractivity contribution in [2.45, 2.75) is 57.3 Å². The predicted molar refractivity (Wildman–Crippen MR) is 67.0 cm³/mol. The van der Waals surface area contributed by atoms with Gasteiger partial charge in [-0.25, -0.2) is 0 Å². The van der Waals surface area contributed by atoms with Gasteiger partial charge in [-0.2, -0.15) is 18.3 Å². The fraction of sp³-hybridized carbons (Fsp3) is 0.769. The van der Waals surface area contributed by atoms with Crippen molar-refractivity contribution in [3.05, 3.63) is 18.0 Å². The minimum Gasteiger partial charge on any atom is -0.306 e. The van der Waals surface area contributed by atoms with Crippen LogP contribution in [-0.4, -0.2) is 28.5 Å². The van der Waals surface area contributed by atoms with Crippen LogP contribution in [0, 0.1) is 0 Å². The Balaban J connectivity index is 2.01. The number of alkyl halides is 3. The molecule has 19 heavy (non-hydrogen) atoms. The highest BCUT2D eigenvalue weighted by Crippen LogP contribution is 2.29. The molecule has 3 nitrogen and oxygen atoms in total. The average molecular weight is 275 g/mol. The SMILES string of the molecule is CCNC(Cc1ccn(C2CCCC2)n1)C(F)(F)F. The number of nitrogens with zero attached hydrogens (tertiary/aromatic N) is 2. The van der Waals surface area contributed by atoms with Crippen molar-refractivity contribution in [3.8, 4) is 0 Å². The molecule has 1 aromatic heterocycles. The van der Waals surface area contributed by atoms with Crippen LogP contribution in [0.25, 0.3) is 0 Å². The first-order valence-electron chi connectivity index (χ1n) is 6.85. The van der Waals surface area contributed by atoms with E-state index in [2.05, 4.69) is 10.4 Å². The van der Waals surface area contributed by atoms with Gasteiger partial charge in [-0.3, -0.25) is 4.68 Å². The van der Waals surface area contributed by atoms with Gasteiger partial charge < -0.3 is 5.32 Å². The molecule has 108 valence electrons. The highest BCUT2D eigenvalue weighted by Gasteiger charge is 2.39. The van der Waals surface area contributed by atoms with Crippen LogP contribution in [0.3, 0.4) is 0 Å². The number of hydrogen-bond acceptors (Lipinski definition) is 2. The maximum atomic E-state index is 12.8. The molecule has 0 spiro atoms. The van der Waals surface area contributed by atoms with Gasteiger partial charge in [-0.05, 0) is 25.5 Å². The molecule has 0 aromatic carbocycles. The first-order chi connectivity index (χ1) is 9.00. The summed E-state index contributed by atoms with van der Waals surface area (Å²) in [4.78, 5) is 0. The Morgan fingerprint density at radius 2 is 2.11 bits per heavy atom. The minimum atomic E-state index is -4.23. The maximum Gasteiger partial charge on any atom is 0.404 e. The van der Waals surface area contributed by atoms with E-state index < -0.39 is 12.2 Å². The molecule has 1 fully saturated rings. The third-order valence-electron chi connectivity index (χ3n) is 3.62. The van der Waals surface area contributed by atoms with Gasteiger partial charge in [0.05, 0.1) is 11.7 Å². The summed E-state index contributed by atoms with van der Waals surface area (Å²) in [5.41, 5.74) is 0.509. The van der Waals surface area contributed by atoms with E-state index in [0.29, 0.717) is 18.3 Å². The molecule has 0 amide bonds. The summed E-state index contributed by atoms with van der Waals surface area (Å²) in [5, 5.41) is 6.78. The number of hydrogen-bond donors (Lipinski definition) is 1. The number of likely N-dealkylation sites (N-methyl/N-ethyl adjacent to an activating group) is 1. The quantitative estimate of drug-likeness (QED) is 0.895. The van der Waals surface area contributed by atoms with Gasteiger partial charge in [0, 0.05) is 12.6 Å². The Labute approximate surface area is 111 Å². The Kier molecular flexibility index (Phi) is 4.50. The molecular weight excluding hydrogens is 255 g/mol. The Morgan fingerprint density at radius 3 is 2.68 bits per heavy atom. The van der Waals surface area contributed by atoms with Crippen molar-refractivity contribution in [2.75, 3.05) is 6.54 Å². The molecule has 1 aliphatic rings. The fourth-order valence-electron chi connectivity index (χ4n) is 2.62. The molecule has 2 rings (SSSR count). The smallest absolute Gasteiger partial charge is 0.306 e. The van der Waals surface area contributed by atoms with Gasteiger partial charge in [0.1, 0.15) is 6.04 Å². The Morgan fingerprint density at radius 1 is 1.42 bits per heavy atom. The number of rotatable bonds is 5. The van der Waals surface area contributed by atoms with Crippen molar-refractivity contribution in [3.63, 3.8) is 0 Å². The molecule has 0 bridgehead atoms. The fourth-order valence-corrected chi connectivity index (χ4v) is 2.62. The number of halogens is 3. The van der Waals surface area contributed by atoms with Crippen molar-refractivity contribution >= 4 is 0 Å². The van der Waals surface area contributed by atoms with Crippen LogP contribution < -0.4 is 5.32 Å². The van der Waals surface area contributed by atoms with Crippen LogP contribution >= 0.6 is 0 Å². The van der Waals surface area contributed by atoms with Gasteiger partial charge in [-0.1, -0.05) is 19.8 Å². The topological polar surface area (TPSA) is 29.9 Å². The molecule has 1 heterocycles. The van der Waals surface area contributed by atoms with Crippen molar-refractivity contribution in [2.24, 2.45) is 0 Å². The van der Waals surface area contributed by atoms with Gasteiger partial charge in [0.25, 0.3) is 0 Å². The molecule has 6 heteroatoms. The van der Waals surface area contributed by atoms with E-state index in [-0.39, 0.29) is 6.42 Å². The lowest BCUT2D eigenvalue weighted by atomic mass is 10.1. The monoisotopic (exact) mass is 275 g/mol. The molecule has 1 aromatic rings. The highest BCUT2D eigenvalue weighted by atomic mass is 19.4. The summed E-state index contributed by atoms with van der Waals surface area (Å²) in [7, 11) is 0. The molecule has 1 saturated carbocycles. The van der Waals surface area contributed by atoms with Crippen LogP contribution in [0.2, 0.25) is 0 Å². The van der Waals surface area contributed by atoms with Crippen LogP contribution in [0.5, 0.6) is 0 Å². The first-order valence-corrected chi connectivity index (χ1v) is 6.85. The molecule has 0 saturated heterocycles.